The molecule has 0 aromatic carbocycles. The molecule has 5 nitrogen and oxygen atoms in total. The molecule has 0 aliphatic heterocycles. The molecule has 0 aliphatic carbocycles. The van der Waals surface area contributed by atoms with Crippen molar-refractivity contribution >= 4 is 5.97 Å². The van der Waals surface area contributed by atoms with Gasteiger partial charge in [-0.15, -0.1) is 6.58 Å². The molecule has 88 valence electrons. The number of nitrogens with zero attached hydrogens (tertiary/aromatic N) is 3. The van der Waals surface area contributed by atoms with Gasteiger partial charge in [0.2, 0.25) is 0 Å². The highest BCUT2D eigenvalue weighted by Gasteiger charge is 2.14. The van der Waals surface area contributed by atoms with Gasteiger partial charge in [-0.2, -0.15) is 5.10 Å². The van der Waals surface area contributed by atoms with Crippen molar-refractivity contribution in [1.29, 1.82) is 0 Å². The van der Waals surface area contributed by atoms with Gasteiger partial charge in [0.05, 0.1) is 12.2 Å². The second-order valence-corrected chi connectivity index (χ2v) is 3.76. The number of hydrogen-bond donors (Lipinski definition) is 1. The lowest BCUT2D eigenvalue weighted by molar-refractivity contribution is 0.0684. The Morgan fingerprint density at radius 3 is 2.94 bits per heavy atom. The van der Waals surface area contributed by atoms with E-state index in [4.69, 9.17) is 5.11 Å². The Morgan fingerprint density at radius 1 is 1.65 bits per heavy atom. The summed E-state index contributed by atoms with van der Waals surface area (Å²) in [5, 5.41) is 13.3. The van der Waals surface area contributed by atoms with Crippen molar-refractivity contribution in [2.45, 2.75) is 6.54 Å². The van der Waals surface area contributed by atoms with Crippen LogP contribution in [-0.2, 0) is 13.6 Å². The molecule has 17 heavy (non-hydrogen) atoms. The van der Waals surface area contributed by atoms with E-state index >= 15 is 0 Å². The number of rotatable bonds is 4. The van der Waals surface area contributed by atoms with Crippen LogP contribution in [0, 0.1) is 0 Å². The Kier molecular flexibility index (Phi) is 2.82. The van der Waals surface area contributed by atoms with Crippen LogP contribution in [0.4, 0.5) is 0 Å². The molecule has 0 aliphatic rings. The topological polar surface area (TPSA) is 60.0 Å². The Morgan fingerprint density at radius 2 is 2.41 bits per heavy atom. The molecule has 0 spiro atoms. The molecule has 0 fully saturated rings. The van der Waals surface area contributed by atoms with Crippen molar-refractivity contribution in [1.82, 2.24) is 14.3 Å². The maximum atomic E-state index is 11.0. The van der Waals surface area contributed by atoms with Crippen LogP contribution in [0.2, 0.25) is 0 Å². The summed E-state index contributed by atoms with van der Waals surface area (Å²) in [7, 11) is 1.91. The van der Waals surface area contributed by atoms with Crippen LogP contribution in [0.1, 0.15) is 10.5 Å². The Hall–Kier alpha value is -2.30. The van der Waals surface area contributed by atoms with Crippen LogP contribution >= 0.6 is 0 Å². The average Bonchev–Trinajstić information content (AvgIpc) is 2.85. The Balaban J connectivity index is 2.46. The van der Waals surface area contributed by atoms with Gasteiger partial charge < -0.3 is 9.67 Å². The Bertz CT molecular complexity index is 566. The van der Waals surface area contributed by atoms with E-state index in [1.54, 1.807) is 12.1 Å². The highest BCUT2D eigenvalue weighted by Crippen LogP contribution is 2.19. The van der Waals surface area contributed by atoms with Crippen LogP contribution in [0.3, 0.4) is 0 Å². The monoisotopic (exact) mass is 231 g/mol. The summed E-state index contributed by atoms with van der Waals surface area (Å²) in [4.78, 5) is 11.0. The first-order valence-electron chi connectivity index (χ1n) is 5.16. The first-order valence-corrected chi connectivity index (χ1v) is 5.16. The van der Waals surface area contributed by atoms with E-state index in [2.05, 4.69) is 11.7 Å². The van der Waals surface area contributed by atoms with E-state index < -0.39 is 5.97 Å². The van der Waals surface area contributed by atoms with Gasteiger partial charge in [-0.1, -0.05) is 6.08 Å². The normalized spacial score (nSPS) is 10.4. The first kappa shape index (κ1) is 11.2. The SMILES string of the molecule is C=CCn1nc(-c2ccn(C)c2)cc1C(=O)O. The third-order valence-electron chi connectivity index (χ3n) is 2.43. The number of aromatic nitrogens is 3. The number of carbonyl (C=O) groups is 1. The van der Waals surface area contributed by atoms with Crippen LogP contribution in [0.15, 0.2) is 37.2 Å². The molecular formula is C12H13N3O2. The van der Waals surface area contributed by atoms with Crippen LogP contribution in [0.5, 0.6) is 0 Å². The second-order valence-electron chi connectivity index (χ2n) is 3.76. The number of carboxylic acids is 1. The van der Waals surface area contributed by atoms with Gasteiger partial charge in [-0.05, 0) is 12.1 Å². The number of hydrogen-bond acceptors (Lipinski definition) is 2. The van der Waals surface area contributed by atoms with Crippen LogP contribution in [0.25, 0.3) is 11.3 Å². The highest BCUT2D eigenvalue weighted by atomic mass is 16.4. The lowest BCUT2D eigenvalue weighted by atomic mass is 10.2. The van der Waals surface area contributed by atoms with Gasteiger partial charge in [0.25, 0.3) is 0 Å². The standard InChI is InChI=1S/C12H13N3O2/c1-3-5-15-11(12(16)17)7-10(13-15)9-4-6-14(2)8-9/h3-4,6-8H,1,5H2,2H3,(H,16,17). The van der Waals surface area contributed by atoms with Crippen molar-refractivity contribution in [2.75, 3.05) is 0 Å². The number of aromatic carboxylic acids is 1. The van der Waals surface area contributed by atoms with Crippen LogP contribution in [-0.4, -0.2) is 25.4 Å². The van der Waals surface area contributed by atoms with Crippen LogP contribution < -0.4 is 0 Å². The number of aryl methyl sites for hydroxylation is 1. The maximum absolute atomic E-state index is 11.0. The lowest BCUT2D eigenvalue weighted by Crippen LogP contribution is -2.08. The molecule has 0 unspecified atom stereocenters. The number of carboxylic acid groups (broad SMARTS) is 1. The summed E-state index contributed by atoms with van der Waals surface area (Å²) in [6, 6.07) is 3.47. The molecule has 2 aromatic heterocycles. The molecule has 0 radical (unpaired) electrons. The second kappa shape index (κ2) is 4.29. The molecule has 2 rings (SSSR count). The van der Waals surface area contributed by atoms with E-state index in [9.17, 15) is 4.79 Å². The first-order chi connectivity index (χ1) is 8.11. The molecule has 0 bridgehead atoms. The summed E-state index contributed by atoms with van der Waals surface area (Å²) in [6.45, 7) is 3.97. The fourth-order valence-corrected chi connectivity index (χ4v) is 1.65. The van der Waals surface area contributed by atoms with E-state index in [1.807, 2.05) is 30.1 Å². The predicted octanol–water partition coefficient (Wildman–Crippen LogP) is 1.77. The largest absolute Gasteiger partial charge is 0.477 e. The molecule has 0 atom stereocenters. The summed E-state index contributed by atoms with van der Waals surface area (Å²) in [5.74, 6) is -0.985. The third kappa shape index (κ3) is 2.13. The molecule has 5 heteroatoms. The van der Waals surface area contributed by atoms with E-state index in [1.165, 1.54) is 4.68 Å². The minimum atomic E-state index is -0.985. The molecule has 2 heterocycles. The maximum Gasteiger partial charge on any atom is 0.354 e. The van der Waals surface area contributed by atoms with Crippen molar-refractivity contribution in [3.8, 4) is 11.3 Å². The molecule has 1 N–H and O–H groups in total. The van der Waals surface area contributed by atoms with Crippen molar-refractivity contribution in [2.24, 2.45) is 7.05 Å². The summed E-state index contributed by atoms with van der Waals surface area (Å²) < 4.78 is 3.32. The number of allylic oxidation sites excluding steroid dienone is 1. The van der Waals surface area contributed by atoms with Crippen molar-refractivity contribution in [3.63, 3.8) is 0 Å². The average molecular weight is 231 g/mol. The van der Waals surface area contributed by atoms with Gasteiger partial charge >= 0.3 is 5.97 Å². The quantitative estimate of drug-likeness (QED) is 0.816. The van der Waals surface area contributed by atoms with Crippen molar-refractivity contribution < 1.29 is 9.90 Å². The molecule has 2 aromatic rings. The zero-order chi connectivity index (χ0) is 12.4. The van der Waals surface area contributed by atoms with E-state index in [0.717, 1.165) is 5.56 Å². The molecular weight excluding hydrogens is 218 g/mol. The third-order valence-corrected chi connectivity index (χ3v) is 2.43. The minimum Gasteiger partial charge on any atom is -0.477 e. The summed E-state index contributed by atoms with van der Waals surface area (Å²) >= 11 is 0. The zero-order valence-corrected chi connectivity index (χ0v) is 9.50. The van der Waals surface area contributed by atoms with Gasteiger partial charge in [0, 0.05) is 25.0 Å². The molecule has 0 saturated heterocycles. The smallest absolute Gasteiger partial charge is 0.354 e. The van der Waals surface area contributed by atoms with Gasteiger partial charge in [0.15, 0.2) is 0 Å². The fourth-order valence-electron chi connectivity index (χ4n) is 1.65. The summed E-state index contributed by atoms with van der Waals surface area (Å²) in [6.07, 6.45) is 5.41. The predicted molar refractivity (Wildman–Crippen MR) is 63.8 cm³/mol. The van der Waals surface area contributed by atoms with Crippen molar-refractivity contribution in [3.05, 3.63) is 42.9 Å². The van der Waals surface area contributed by atoms with E-state index in [-0.39, 0.29) is 5.69 Å². The lowest BCUT2D eigenvalue weighted by Gasteiger charge is -1.98. The molecule has 0 amide bonds. The van der Waals surface area contributed by atoms with Gasteiger partial charge in [-0.3, -0.25) is 4.68 Å². The zero-order valence-electron chi connectivity index (χ0n) is 9.50. The van der Waals surface area contributed by atoms with Gasteiger partial charge in [-0.25, -0.2) is 4.79 Å². The minimum absolute atomic E-state index is 0.170. The van der Waals surface area contributed by atoms with Gasteiger partial charge in [0.1, 0.15) is 5.69 Å². The molecule has 0 saturated carbocycles. The Labute approximate surface area is 98.6 Å². The fraction of sp³-hybridized carbons (Fsp3) is 0.167. The van der Waals surface area contributed by atoms with E-state index in [0.29, 0.717) is 12.2 Å². The highest BCUT2D eigenvalue weighted by molar-refractivity contribution is 5.87. The summed E-state index contributed by atoms with van der Waals surface area (Å²) in [5.41, 5.74) is 1.73.